The molecule has 2 fully saturated rings. The number of hydrogen-bond donors (Lipinski definition) is 2. The molecule has 0 spiro atoms. The smallest absolute Gasteiger partial charge is 0.222 e. The number of carbonyl (C=O) groups excluding carboxylic acids is 1. The normalized spacial score (nSPS) is 23.5. The van der Waals surface area contributed by atoms with E-state index < -0.39 is 0 Å². The number of hydrogen-bond acceptors (Lipinski definition) is 3. The Balaban J connectivity index is 0.00000176. The van der Waals surface area contributed by atoms with E-state index in [9.17, 15) is 4.79 Å². The molecule has 0 bridgehead atoms. The van der Waals surface area contributed by atoms with E-state index in [4.69, 9.17) is 0 Å². The van der Waals surface area contributed by atoms with Gasteiger partial charge >= 0.3 is 0 Å². The highest BCUT2D eigenvalue weighted by atomic mass is 35.5. The lowest BCUT2D eigenvalue weighted by Crippen LogP contribution is -2.47. The highest BCUT2D eigenvalue weighted by molar-refractivity contribution is 7.99. The van der Waals surface area contributed by atoms with Crippen molar-refractivity contribution in [1.82, 2.24) is 10.6 Å². The van der Waals surface area contributed by atoms with Gasteiger partial charge in [0.1, 0.15) is 0 Å². The molecule has 3 rings (SSSR count). The standard InChI is InChI=1S/C17H24N2OS.ClH/c20-16(12-15-13-21-11-10-18-15)19-17(8-4-5-9-17)14-6-2-1-3-7-14;/h1-3,6-7,15,18H,4-5,8-13H2,(H,19,20);1H. The average molecular weight is 341 g/mol. The van der Waals surface area contributed by atoms with Gasteiger partial charge in [-0.3, -0.25) is 4.79 Å². The Morgan fingerprint density at radius 3 is 2.64 bits per heavy atom. The lowest BCUT2D eigenvalue weighted by atomic mass is 9.88. The Morgan fingerprint density at radius 1 is 1.27 bits per heavy atom. The van der Waals surface area contributed by atoms with Gasteiger partial charge in [0.05, 0.1) is 5.54 Å². The highest BCUT2D eigenvalue weighted by Crippen LogP contribution is 2.38. The van der Waals surface area contributed by atoms with Crippen LogP contribution in [0, 0.1) is 0 Å². The molecule has 2 N–H and O–H groups in total. The fraction of sp³-hybridized carbons (Fsp3) is 0.588. The summed E-state index contributed by atoms with van der Waals surface area (Å²) in [6.07, 6.45) is 5.13. The summed E-state index contributed by atoms with van der Waals surface area (Å²) < 4.78 is 0. The van der Waals surface area contributed by atoms with Crippen LogP contribution in [0.15, 0.2) is 30.3 Å². The summed E-state index contributed by atoms with van der Waals surface area (Å²) in [6, 6.07) is 10.8. The molecule has 3 nitrogen and oxygen atoms in total. The second-order valence-corrected chi connectivity index (χ2v) is 7.28. The Kier molecular flexibility index (Phi) is 6.60. The topological polar surface area (TPSA) is 41.1 Å². The van der Waals surface area contributed by atoms with E-state index in [-0.39, 0.29) is 23.9 Å². The third kappa shape index (κ3) is 4.18. The minimum absolute atomic E-state index is 0. The van der Waals surface area contributed by atoms with Crippen LogP contribution in [0.2, 0.25) is 0 Å². The van der Waals surface area contributed by atoms with Crippen molar-refractivity contribution in [2.24, 2.45) is 0 Å². The summed E-state index contributed by atoms with van der Waals surface area (Å²) in [5.74, 6) is 2.40. The molecule has 1 aromatic rings. The molecular formula is C17H25ClN2OS. The first kappa shape index (κ1) is 17.6. The molecule has 1 aromatic carbocycles. The lowest BCUT2D eigenvalue weighted by molar-refractivity contribution is -0.123. The molecule has 2 aliphatic rings. The van der Waals surface area contributed by atoms with Crippen molar-refractivity contribution in [3.63, 3.8) is 0 Å². The quantitative estimate of drug-likeness (QED) is 0.885. The number of thioether (sulfide) groups is 1. The van der Waals surface area contributed by atoms with Crippen LogP contribution in [0.4, 0.5) is 0 Å². The van der Waals surface area contributed by atoms with Crippen LogP contribution in [-0.2, 0) is 10.3 Å². The van der Waals surface area contributed by atoms with E-state index in [0.717, 1.165) is 30.9 Å². The zero-order valence-electron chi connectivity index (χ0n) is 12.8. The van der Waals surface area contributed by atoms with Crippen molar-refractivity contribution in [1.29, 1.82) is 0 Å². The number of halogens is 1. The molecule has 0 radical (unpaired) electrons. The second kappa shape index (κ2) is 8.23. The fourth-order valence-electron chi connectivity index (χ4n) is 3.51. The van der Waals surface area contributed by atoms with Crippen molar-refractivity contribution in [3.05, 3.63) is 35.9 Å². The van der Waals surface area contributed by atoms with E-state index in [1.54, 1.807) is 0 Å². The monoisotopic (exact) mass is 340 g/mol. The molecule has 22 heavy (non-hydrogen) atoms. The van der Waals surface area contributed by atoms with Crippen molar-refractivity contribution >= 4 is 30.1 Å². The van der Waals surface area contributed by atoms with E-state index in [1.807, 2.05) is 17.8 Å². The zero-order valence-corrected chi connectivity index (χ0v) is 14.5. The predicted octanol–water partition coefficient (Wildman–Crippen LogP) is 3.09. The molecule has 1 unspecified atom stereocenters. The van der Waals surface area contributed by atoms with Crippen LogP contribution in [0.3, 0.4) is 0 Å². The van der Waals surface area contributed by atoms with Gasteiger partial charge in [0.15, 0.2) is 0 Å². The predicted molar refractivity (Wildman–Crippen MR) is 95.7 cm³/mol. The summed E-state index contributed by atoms with van der Waals surface area (Å²) in [6.45, 7) is 1.02. The lowest BCUT2D eigenvalue weighted by Gasteiger charge is -2.32. The molecule has 1 aliphatic carbocycles. The highest BCUT2D eigenvalue weighted by Gasteiger charge is 2.37. The van der Waals surface area contributed by atoms with Gasteiger partial charge in [-0.05, 0) is 18.4 Å². The van der Waals surface area contributed by atoms with Gasteiger partial charge in [-0.25, -0.2) is 0 Å². The first-order chi connectivity index (χ1) is 10.3. The first-order valence-electron chi connectivity index (χ1n) is 7.96. The van der Waals surface area contributed by atoms with Gasteiger partial charge in [-0.2, -0.15) is 11.8 Å². The van der Waals surface area contributed by atoms with Crippen LogP contribution in [0.25, 0.3) is 0 Å². The van der Waals surface area contributed by atoms with Gasteiger partial charge in [0.25, 0.3) is 0 Å². The molecular weight excluding hydrogens is 316 g/mol. The van der Waals surface area contributed by atoms with Crippen LogP contribution in [0.1, 0.15) is 37.7 Å². The molecule has 1 heterocycles. The second-order valence-electron chi connectivity index (χ2n) is 6.13. The maximum atomic E-state index is 12.5. The van der Waals surface area contributed by atoms with Gasteiger partial charge in [-0.15, -0.1) is 12.4 Å². The summed E-state index contributed by atoms with van der Waals surface area (Å²) in [5.41, 5.74) is 1.14. The third-order valence-corrected chi connectivity index (χ3v) is 5.72. The number of benzene rings is 1. The van der Waals surface area contributed by atoms with Gasteiger partial charge in [0, 0.05) is 30.5 Å². The van der Waals surface area contributed by atoms with Crippen LogP contribution >= 0.6 is 24.2 Å². The molecule has 5 heteroatoms. The van der Waals surface area contributed by atoms with Crippen LogP contribution in [-0.4, -0.2) is 30.0 Å². The van der Waals surface area contributed by atoms with Crippen molar-refractivity contribution in [3.8, 4) is 0 Å². The zero-order chi connectivity index (χ0) is 14.5. The minimum Gasteiger partial charge on any atom is -0.347 e. The number of rotatable bonds is 4. The first-order valence-corrected chi connectivity index (χ1v) is 9.12. The molecule has 1 aliphatic heterocycles. The average Bonchev–Trinajstić information content (AvgIpc) is 2.99. The Hall–Kier alpha value is -0.710. The summed E-state index contributed by atoms with van der Waals surface area (Å²) >= 11 is 1.94. The molecule has 0 aromatic heterocycles. The van der Waals surface area contributed by atoms with Gasteiger partial charge < -0.3 is 10.6 Å². The van der Waals surface area contributed by atoms with E-state index in [1.165, 1.54) is 18.4 Å². The maximum absolute atomic E-state index is 12.5. The fourth-order valence-corrected chi connectivity index (χ4v) is 4.46. The molecule has 1 saturated heterocycles. The summed E-state index contributed by atoms with van der Waals surface area (Å²) in [7, 11) is 0. The van der Waals surface area contributed by atoms with Gasteiger partial charge in [-0.1, -0.05) is 43.2 Å². The van der Waals surface area contributed by atoms with Gasteiger partial charge in [0.2, 0.25) is 5.91 Å². The largest absolute Gasteiger partial charge is 0.347 e. The van der Waals surface area contributed by atoms with Crippen molar-refractivity contribution in [2.45, 2.75) is 43.7 Å². The Bertz CT molecular complexity index is 471. The molecule has 1 amide bonds. The maximum Gasteiger partial charge on any atom is 0.222 e. The SMILES string of the molecule is Cl.O=C(CC1CSCCN1)NC1(c2ccccc2)CCCC1. The Morgan fingerprint density at radius 2 is 2.00 bits per heavy atom. The van der Waals surface area contributed by atoms with E-state index in [0.29, 0.717) is 12.5 Å². The molecule has 1 saturated carbocycles. The molecule has 122 valence electrons. The van der Waals surface area contributed by atoms with Crippen LogP contribution < -0.4 is 10.6 Å². The minimum atomic E-state index is -0.125. The number of amides is 1. The van der Waals surface area contributed by atoms with E-state index >= 15 is 0 Å². The third-order valence-electron chi connectivity index (χ3n) is 4.59. The van der Waals surface area contributed by atoms with Crippen molar-refractivity contribution in [2.75, 3.05) is 18.1 Å². The molecule has 1 atom stereocenters. The Labute approximate surface area is 143 Å². The number of carbonyl (C=O) groups is 1. The number of nitrogens with one attached hydrogen (secondary N) is 2. The van der Waals surface area contributed by atoms with Crippen molar-refractivity contribution < 1.29 is 4.79 Å². The van der Waals surface area contributed by atoms with E-state index in [2.05, 4.69) is 34.9 Å². The van der Waals surface area contributed by atoms with Crippen LogP contribution in [0.5, 0.6) is 0 Å². The summed E-state index contributed by atoms with van der Waals surface area (Å²) in [4.78, 5) is 12.5. The summed E-state index contributed by atoms with van der Waals surface area (Å²) in [5, 5.41) is 6.81.